The molecule has 0 aliphatic carbocycles. The Balaban J connectivity index is 1.15. The monoisotopic (exact) mass is 518 g/mol. The summed E-state index contributed by atoms with van der Waals surface area (Å²) in [4.78, 5) is 14.3. The summed E-state index contributed by atoms with van der Waals surface area (Å²) in [6.07, 6.45) is 2.38. The lowest BCUT2D eigenvalue weighted by Crippen LogP contribution is -2.47. The number of hydrogen-bond acceptors (Lipinski definition) is 8. The van der Waals surface area contributed by atoms with Crippen LogP contribution in [-0.2, 0) is 25.9 Å². The van der Waals surface area contributed by atoms with Crippen molar-refractivity contribution < 1.29 is 32.5 Å². The predicted molar refractivity (Wildman–Crippen MR) is 134 cm³/mol. The van der Waals surface area contributed by atoms with Gasteiger partial charge in [-0.25, -0.2) is 13.2 Å². The number of hydrogen-bond donors (Lipinski definition) is 2. The average molecular weight is 519 g/mol. The van der Waals surface area contributed by atoms with Gasteiger partial charge in [0, 0.05) is 31.9 Å². The number of nitrogens with one attached hydrogen (secondary N) is 1. The minimum Gasteiger partial charge on any atom is -0.491 e. The lowest BCUT2D eigenvalue weighted by atomic mass is 9.87. The van der Waals surface area contributed by atoms with E-state index in [2.05, 4.69) is 5.32 Å². The van der Waals surface area contributed by atoms with Crippen LogP contribution < -0.4 is 10.1 Å². The molecule has 36 heavy (non-hydrogen) atoms. The van der Waals surface area contributed by atoms with Crippen LogP contribution in [0.15, 0.2) is 59.5 Å². The van der Waals surface area contributed by atoms with E-state index in [1.165, 1.54) is 12.1 Å². The summed E-state index contributed by atoms with van der Waals surface area (Å²) in [7, 11) is -3.32. The SMILES string of the molecule is CS(=O)(=O)c1cccc(OC[C@H](O)CN[C@@H]2COC3(CCN(C(=O)OCc4ccccc4)CC3)C2)c1. The molecular weight excluding hydrogens is 484 g/mol. The molecule has 2 heterocycles. The minimum atomic E-state index is -3.32. The van der Waals surface area contributed by atoms with Crippen LogP contribution >= 0.6 is 0 Å². The maximum atomic E-state index is 12.4. The molecule has 10 heteroatoms. The summed E-state index contributed by atoms with van der Waals surface area (Å²) in [6, 6.07) is 16.0. The van der Waals surface area contributed by atoms with Crippen LogP contribution in [0.1, 0.15) is 24.8 Å². The first-order chi connectivity index (χ1) is 17.2. The maximum absolute atomic E-state index is 12.4. The molecule has 2 N–H and O–H groups in total. The van der Waals surface area contributed by atoms with E-state index < -0.39 is 15.9 Å². The van der Waals surface area contributed by atoms with Crippen molar-refractivity contribution in [2.24, 2.45) is 0 Å². The molecule has 0 aromatic heterocycles. The molecule has 0 bridgehead atoms. The second kappa shape index (κ2) is 11.6. The Morgan fingerprint density at radius 3 is 2.67 bits per heavy atom. The van der Waals surface area contributed by atoms with Gasteiger partial charge < -0.3 is 29.5 Å². The number of carbonyl (C=O) groups excluding carboxylic acids is 1. The van der Waals surface area contributed by atoms with Gasteiger partial charge in [0.25, 0.3) is 0 Å². The summed E-state index contributed by atoms with van der Waals surface area (Å²) in [5.41, 5.74) is 0.698. The largest absolute Gasteiger partial charge is 0.491 e. The Labute approximate surface area is 212 Å². The number of nitrogens with zero attached hydrogens (tertiary/aromatic N) is 1. The summed E-state index contributed by atoms with van der Waals surface area (Å²) < 4.78 is 40.5. The van der Waals surface area contributed by atoms with Crippen LogP contribution in [0.2, 0.25) is 0 Å². The van der Waals surface area contributed by atoms with E-state index in [9.17, 15) is 18.3 Å². The van der Waals surface area contributed by atoms with Gasteiger partial charge in [-0.05, 0) is 43.0 Å². The van der Waals surface area contributed by atoms with Crippen molar-refractivity contribution in [1.29, 1.82) is 0 Å². The zero-order valence-corrected chi connectivity index (χ0v) is 21.3. The third-order valence-corrected chi connectivity index (χ3v) is 7.78. The number of carbonyl (C=O) groups is 1. The molecule has 2 atom stereocenters. The van der Waals surface area contributed by atoms with Gasteiger partial charge in [0.05, 0.1) is 17.1 Å². The van der Waals surface area contributed by atoms with Crippen molar-refractivity contribution in [3.8, 4) is 5.75 Å². The Kier molecular flexibility index (Phi) is 8.50. The number of amides is 1. The Morgan fingerprint density at radius 1 is 1.19 bits per heavy atom. The van der Waals surface area contributed by atoms with E-state index in [0.717, 1.165) is 31.1 Å². The van der Waals surface area contributed by atoms with E-state index in [4.69, 9.17) is 14.2 Å². The van der Waals surface area contributed by atoms with Crippen LogP contribution in [0.25, 0.3) is 0 Å². The third kappa shape index (κ3) is 7.19. The van der Waals surface area contributed by atoms with Gasteiger partial charge in [-0.15, -0.1) is 0 Å². The van der Waals surface area contributed by atoms with Crippen LogP contribution in [0.4, 0.5) is 4.79 Å². The highest BCUT2D eigenvalue weighted by Gasteiger charge is 2.43. The number of aliphatic hydroxyl groups is 1. The molecule has 9 nitrogen and oxygen atoms in total. The van der Waals surface area contributed by atoms with Crippen LogP contribution in [0, 0.1) is 0 Å². The Morgan fingerprint density at radius 2 is 1.94 bits per heavy atom. The van der Waals surface area contributed by atoms with Crippen molar-refractivity contribution in [3.63, 3.8) is 0 Å². The molecular formula is C26H34N2O7S. The highest BCUT2D eigenvalue weighted by molar-refractivity contribution is 7.90. The summed E-state index contributed by atoms with van der Waals surface area (Å²) in [5.74, 6) is 0.397. The molecule has 2 saturated heterocycles. The highest BCUT2D eigenvalue weighted by Crippen LogP contribution is 2.36. The molecule has 0 saturated carbocycles. The average Bonchev–Trinajstić information content (AvgIpc) is 3.27. The Hall–Kier alpha value is -2.66. The molecule has 0 radical (unpaired) electrons. The fourth-order valence-electron chi connectivity index (χ4n) is 4.58. The number of likely N-dealkylation sites (tertiary alicyclic amines) is 1. The van der Waals surface area contributed by atoms with Gasteiger partial charge in [0.1, 0.15) is 25.1 Å². The number of sulfone groups is 1. The molecule has 196 valence electrons. The minimum absolute atomic E-state index is 0.0407. The molecule has 1 spiro atoms. The third-order valence-electron chi connectivity index (χ3n) is 6.67. The van der Waals surface area contributed by atoms with E-state index in [1.807, 2.05) is 30.3 Å². The number of benzene rings is 2. The fraction of sp³-hybridized carbons (Fsp3) is 0.500. The molecule has 2 fully saturated rings. The van der Waals surface area contributed by atoms with Crippen molar-refractivity contribution in [2.45, 2.75) is 48.5 Å². The topological polar surface area (TPSA) is 114 Å². The molecule has 1 amide bonds. The highest BCUT2D eigenvalue weighted by atomic mass is 32.2. The second-order valence-corrected chi connectivity index (χ2v) is 11.6. The molecule has 0 unspecified atom stereocenters. The van der Waals surface area contributed by atoms with Crippen molar-refractivity contribution in [1.82, 2.24) is 10.2 Å². The maximum Gasteiger partial charge on any atom is 0.410 e. The first-order valence-electron chi connectivity index (χ1n) is 12.2. The van der Waals surface area contributed by atoms with Gasteiger partial charge in [0.2, 0.25) is 0 Å². The quantitative estimate of drug-likeness (QED) is 0.520. The van der Waals surface area contributed by atoms with Crippen LogP contribution in [0.3, 0.4) is 0 Å². The van der Waals surface area contributed by atoms with Crippen molar-refractivity contribution >= 4 is 15.9 Å². The Bertz CT molecular complexity index is 1120. The van der Waals surface area contributed by atoms with Gasteiger partial charge in [-0.2, -0.15) is 0 Å². The second-order valence-electron chi connectivity index (χ2n) is 9.54. The molecule has 2 aromatic rings. The van der Waals surface area contributed by atoms with Gasteiger partial charge in [-0.3, -0.25) is 0 Å². The van der Waals surface area contributed by atoms with Gasteiger partial charge >= 0.3 is 6.09 Å². The predicted octanol–water partition coefficient (Wildman–Crippen LogP) is 2.38. The zero-order valence-electron chi connectivity index (χ0n) is 20.5. The van der Waals surface area contributed by atoms with Crippen LogP contribution in [0.5, 0.6) is 5.75 Å². The summed E-state index contributed by atoms with van der Waals surface area (Å²) >= 11 is 0. The van der Waals surface area contributed by atoms with E-state index in [0.29, 0.717) is 32.0 Å². The van der Waals surface area contributed by atoms with Gasteiger partial charge in [0.15, 0.2) is 9.84 Å². The normalized spacial score (nSPS) is 20.3. The van der Waals surface area contributed by atoms with Gasteiger partial charge in [-0.1, -0.05) is 36.4 Å². The smallest absolute Gasteiger partial charge is 0.410 e. The lowest BCUT2D eigenvalue weighted by Gasteiger charge is -2.38. The van der Waals surface area contributed by atoms with E-state index in [1.54, 1.807) is 17.0 Å². The fourth-order valence-corrected chi connectivity index (χ4v) is 5.24. The standard InChI is InChI=1S/C26H34N2O7S/c1-36(31,32)24-9-5-8-23(14-24)33-19-22(29)16-27-21-15-26(35-18-21)10-12-28(13-11-26)25(30)34-17-20-6-3-2-4-7-20/h2-9,14,21-22,27,29H,10-13,15-19H2,1H3/t21-,22+/m0/s1. The number of ether oxygens (including phenoxy) is 3. The summed E-state index contributed by atoms with van der Waals surface area (Å²) in [5, 5.41) is 13.7. The number of rotatable bonds is 9. The van der Waals surface area contributed by atoms with E-state index in [-0.39, 0.29) is 35.8 Å². The van der Waals surface area contributed by atoms with Crippen molar-refractivity contribution in [2.75, 3.05) is 39.1 Å². The molecule has 2 aliphatic rings. The molecule has 4 rings (SSSR count). The molecule has 2 aromatic carbocycles. The molecule has 2 aliphatic heterocycles. The first kappa shape index (κ1) is 26.4. The van der Waals surface area contributed by atoms with Crippen molar-refractivity contribution in [3.05, 3.63) is 60.2 Å². The summed E-state index contributed by atoms with van der Waals surface area (Å²) in [6.45, 7) is 2.35. The van der Waals surface area contributed by atoms with E-state index >= 15 is 0 Å². The zero-order chi connectivity index (χ0) is 25.6. The number of aliphatic hydroxyl groups excluding tert-OH is 1. The lowest BCUT2D eigenvalue weighted by molar-refractivity contribution is -0.0422. The van der Waals surface area contributed by atoms with Crippen LogP contribution in [-0.4, -0.2) is 81.4 Å². The first-order valence-corrected chi connectivity index (χ1v) is 14.1. The number of piperidine rings is 1.